The topological polar surface area (TPSA) is 32.9 Å². The number of halogens is 2. The summed E-state index contributed by atoms with van der Waals surface area (Å²) in [6.45, 7) is 0. The normalized spacial score (nSPS) is 11.0. The fourth-order valence-electron chi connectivity index (χ4n) is 1.90. The van der Waals surface area contributed by atoms with Gasteiger partial charge in [-0.05, 0) is 23.6 Å². The SMILES string of the molecule is O=C(c1cccs1)c1c[nH]c2cc(Cl)cc(Cl)c12. The van der Waals surface area contributed by atoms with Gasteiger partial charge in [0.2, 0.25) is 5.78 Å². The molecular formula is C13H7Cl2NOS. The number of nitrogens with one attached hydrogen (secondary N) is 1. The third-order valence-electron chi connectivity index (χ3n) is 2.69. The first-order chi connectivity index (χ1) is 8.66. The molecule has 2 aromatic heterocycles. The number of thiophene rings is 1. The van der Waals surface area contributed by atoms with E-state index in [0.717, 1.165) is 10.9 Å². The van der Waals surface area contributed by atoms with Crippen LogP contribution in [0.15, 0.2) is 35.8 Å². The smallest absolute Gasteiger partial charge is 0.205 e. The number of benzene rings is 1. The van der Waals surface area contributed by atoms with Crippen LogP contribution in [0.3, 0.4) is 0 Å². The number of hydrogen-bond acceptors (Lipinski definition) is 2. The highest BCUT2D eigenvalue weighted by molar-refractivity contribution is 7.12. The van der Waals surface area contributed by atoms with Crippen LogP contribution >= 0.6 is 34.5 Å². The number of fused-ring (bicyclic) bond motifs is 1. The molecule has 0 bridgehead atoms. The first-order valence-corrected chi connectivity index (χ1v) is 6.84. The molecule has 2 heterocycles. The zero-order valence-electron chi connectivity index (χ0n) is 9.04. The van der Waals surface area contributed by atoms with Gasteiger partial charge in [0, 0.05) is 22.1 Å². The lowest BCUT2D eigenvalue weighted by Gasteiger charge is -1.99. The van der Waals surface area contributed by atoms with Gasteiger partial charge in [0.05, 0.1) is 15.5 Å². The van der Waals surface area contributed by atoms with Crippen LogP contribution in [0, 0.1) is 0 Å². The standard InChI is InChI=1S/C13H7Cl2NOS/c14-7-4-9(15)12-8(6-16-10(12)5-7)13(17)11-2-1-3-18-11/h1-6,16H. The fraction of sp³-hybridized carbons (Fsp3) is 0. The minimum Gasteiger partial charge on any atom is -0.360 e. The van der Waals surface area contributed by atoms with Crippen molar-refractivity contribution < 1.29 is 4.79 Å². The predicted octanol–water partition coefficient (Wildman–Crippen LogP) is 4.77. The van der Waals surface area contributed by atoms with E-state index >= 15 is 0 Å². The number of rotatable bonds is 2. The van der Waals surface area contributed by atoms with E-state index in [4.69, 9.17) is 23.2 Å². The molecule has 0 aliphatic carbocycles. The maximum atomic E-state index is 12.3. The van der Waals surface area contributed by atoms with Gasteiger partial charge in [0.15, 0.2) is 0 Å². The first-order valence-electron chi connectivity index (χ1n) is 5.21. The van der Waals surface area contributed by atoms with E-state index in [2.05, 4.69) is 4.98 Å². The van der Waals surface area contributed by atoms with Crippen molar-refractivity contribution in [3.63, 3.8) is 0 Å². The highest BCUT2D eigenvalue weighted by Gasteiger charge is 2.17. The van der Waals surface area contributed by atoms with Gasteiger partial charge in [-0.2, -0.15) is 0 Å². The Bertz CT molecular complexity index is 731. The summed E-state index contributed by atoms with van der Waals surface area (Å²) >= 11 is 13.5. The van der Waals surface area contributed by atoms with Gasteiger partial charge in [0.1, 0.15) is 0 Å². The molecule has 3 rings (SSSR count). The molecule has 0 atom stereocenters. The Kier molecular flexibility index (Phi) is 2.90. The van der Waals surface area contributed by atoms with Crippen LogP contribution in [-0.2, 0) is 0 Å². The molecule has 90 valence electrons. The van der Waals surface area contributed by atoms with Crippen LogP contribution in [0.5, 0.6) is 0 Å². The van der Waals surface area contributed by atoms with E-state index in [1.54, 1.807) is 24.4 Å². The van der Waals surface area contributed by atoms with Crippen LogP contribution in [0.1, 0.15) is 15.2 Å². The van der Waals surface area contributed by atoms with Gasteiger partial charge >= 0.3 is 0 Å². The van der Waals surface area contributed by atoms with Crippen molar-refractivity contribution in [2.45, 2.75) is 0 Å². The summed E-state index contributed by atoms with van der Waals surface area (Å²) in [6, 6.07) is 7.05. The minimum absolute atomic E-state index is 0.0273. The monoisotopic (exact) mass is 295 g/mol. The molecule has 0 aliphatic heterocycles. The summed E-state index contributed by atoms with van der Waals surface area (Å²) in [4.78, 5) is 16.0. The second-order valence-electron chi connectivity index (χ2n) is 3.82. The van der Waals surface area contributed by atoms with Crippen molar-refractivity contribution in [3.8, 4) is 0 Å². The Morgan fingerprint density at radius 3 is 2.83 bits per heavy atom. The maximum absolute atomic E-state index is 12.3. The first kappa shape index (κ1) is 11.8. The molecule has 5 heteroatoms. The fourth-order valence-corrected chi connectivity index (χ4v) is 3.18. The summed E-state index contributed by atoms with van der Waals surface area (Å²) in [5.74, 6) is -0.0273. The van der Waals surface area contributed by atoms with Crippen molar-refractivity contribution in [2.75, 3.05) is 0 Å². The van der Waals surface area contributed by atoms with Gasteiger partial charge in [0.25, 0.3) is 0 Å². The summed E-state index contributed by atoms with van der Waals surface area (Å²) in [5.41, 5.74) is 1.35. The Labute approximate surface area is 117 Å². The minimum atomic E-state index is -0.0273. The molecule has 0 amide bonds. The number of H-pyrrole nitrogens is 1. The van der Waals surface area contributed by atoms with E-state index in [1.165, 1.54) is 11.3 Å². The third-order valence-corrected chi connectivity index (χ3v) is 4.07. The molecule has 1 N–H and O–H groups in total. The van der Waals surface area contributed by atoms with Gasteiger partial charge < -0.3 is 4.98 Å². The van der Waals surface area contributed by atoms with E-state index in [9.17, 15) is 4.79 Å². The highest BCUT2D eigenvalue weighted by atomic mass is 35.5. The van der Waals surface area contributed by atoms with Crippen LogP contribution in [0.2, 0.25) is 10.0 Å². The Hall–Kier alpha value is -1.29. The predicted molar refractivity (Wildman–Crippen MR) is 76.1 cm³/mol. The van der Waals surface area contributed by atoms with Gasteiger partial charge in [-0.25, -0.2) is 0 Å². The van der Waals surface area contributed by atoms with Gasteiger partial charge in [-0.1, -0.05) is 29.3 Å². The maximum Gasteiger partial charge on any atom is 0.205 e. The lowest BCUT2D eigenvalue weighted by Crippen LogP contribution is -1.97. The summed E-state index contributed by atoms with van der Waals surface area (Å²) in [7, 11) is 0. The average Bonchev–Trinajstić information content (AvgIpc) is 2.96. The van der Waals surface area contributed by atoms with Gasteiger partial charge in [-0.3, -0.25) is 4.79 Å². The van der Waals surface area contributed by atoms with Crippen LogP contribution in [-0.4, -0.2) is 10.8 Å². The second kappa shape index (κ2) is 4.43. The number of aromatic amines is 1. The Morgan fingerprint density at radius 1 is 1.28 bits per heavy atom. The molecule has 0 spiro atoms. The van der Waals surface area contributed by atoms with Crippen LogP contribution < -0.4 is 0 Å². The average molecular weight is 296 g/mol. The Balaban J connectivity index is 2.22. The van der Waals surface area contributed by atoms with Crippen molar-refractivity contribution in [3.05, 3.63) is 56.3 Å². The number of hydrogen-bond donors (Lipinski definition) is 1. The summed E-state index contributed by atoms with van der Waals surface area (Å²) in [6.07, 6.45) is 1.68. The van der Waals surface area contributed by atoms with Crippen molar-refractivity contribution in [1.82, 2.24) is 4.98 Å². The highest BCUT2D eigenvalue weighted by Crippen LogP contribution is 2.31. The number of carbonyl (C=O) groups excluding carboxylic acids is 1. The summed E-state index contributed by atoms with van der Waals surface area (Å²) < 4.78 is 0. The molecule has 3 aromatic rings. The van der Waals surface area contributed by atoms with E-state index in [-0.39, 0.29) is 5.78 Å². The number of carbonyl (C=O) groups is 1. The molecule has 0 saturated heterocycles. The molecule has 2 nitrogen and oxygen atoms in total. The zero-order valence-corrected chi connectivity index (χ0v) is 11.4. The molecule has 0 unspecified atom stereocenters. The van der Waals surface area contributed by atoms with Crippen molar-refractivity contribution in [2.24, 2.45) is 0 Å². The van der Waals surface area contributed by atoms with E-state index in [1.807, 2.05) is 11.4 Å². The zero-order chi connectivity index (χ0) is 12.7. The Morgan fingerprint density at radius 2 is 2.11 bits per heavy atom. The second-order valence-corrected chi connectivity index (χ2v) is 5.61. The molecule has 0 radical (unpaired) electrons. The third kappa shape index (κ3) is 1.85. The molecule has 1 aromatic carbocycles. The van der Waals surface area contributed by atoms with Crippen molar-refractivity contribution in [1.29, 1.82) is 0 Å². The molecule has 18 heavy (non-hydrogen) atoms. The molecule has 0 aliphatic rings. The molecule has 0 fully saturated rings. The number of ketones is 1. The van der Waals surface area contributed by atoms with Crippen LogP contribution in [0.4, 0.5) is 0 Å². The largest absolute Gasteiger partial charge is 0.360 e. The molecular weight excluding hydrogens is 289 g/mol. The van der Waals surface area contributed by atoms with E-state index in [0.29, 0.717) is 20.5 Å². The lowest BCUT2D eigenvalue weighted by atomic mass is 10.1. The summed E-state index contributed by atoms with van der Waals surface area (Å²) in [5, 5.41) is 3.63. The van der Waals surface area contributed by atoms with Gasteiger partial charge in [-0.15, -0.1) is 11.3 Å². The quantitative estimate of drug-likeness (QED) is 0.679. The lowest BCUT2D eigenvalue weighted by molar-refractivity contribution is 0.104. The van der Waals surface area contributed by atoms with Crippen LogP contribution in [0.25, 0.3) is 10.9 Å². The van der Waals surface area contributed by atoms with E-state index < -0.39 is 0 Å². The van der Waals surface area contributed by atoms with Crippen molar-refractivity contribution >= 4 is 51.2 Å². The number of aromatic nitrogens is 1. The molecule has 0 saturated carbocycles.